The molecule has 0 atom stereocenters. The van der Waals surface area contributed by atoms with Crippen LogP contribution in [0, 0.1) is 6.92 Å². The Kier molecular flexibility index (Phi) is 3.37. The number of carboxylic acid groups (broad SMARTS) is 1. The molecule has 1 heterocycles. The van der Waals surface area contributed by atoms with Crippen molar-refractivity contribution in [2.75, 3.05) is 7.11 Å². The van der Waals surface area contributed by atoms with E-state index >= 15 is 0 Å². The molecule has 0 amide bonds. The molecule has 0 aliphatic carbocycles. The maximum absolute atomic E-state index is 12.1. The van der Waals surface area contributed by atoms with Gasteiger partial charge in [-0.15, -0.1) is 0 Å². The van der Waals surface area contributed by atoms with E-state index < -0.39 is 11.5 Å². The summed E-state index contributed by atoms with van der Waals surface area (Å²) in [7, 11) is 1.55. The van der Waals surface area contributed by atoms with E-state index in [0.29, 0.717) is 17.1 Å². The number of pyridine rings is 1. The number of carbonyl (C=O) groups is 1. The van der Waals surface area contributed by atoms with Crippen LogP contribution in [0.5, 0.6) is 5.75 Å². The molecule has 2 rings (SSSR count). The molecule has 0 unspecified atom stereocenters. The molecule has 0 aliphatic heterocycles. The van der Waals surface area contributed by atoms with Crippen LogP contribution in [0.3, 0.4) is 0 Å². The van der Waals surface area contributed by atoms with Crippen molar-refractivity contribution in [1.82, 2.24) is 4.57 Å². The highest BCUT2D eigenvalue weighted by atomic mass is 16.5. The fraction of sp³-hybridized carbons (Fsp3) is 0.143. The summed E-state index contributed by atoms with van der Waals surface area (Å²) >= 11 is 0. The van der Waals surface area contributed by atoms with Crippen molar-refractivity contribution < 1.29 is 14.6 Å². The minimum Gasteiger partial charge on any atom is -0.497 e. The van der Waals surface area contributed by atoms with E-state index in [2.05, 4.69) is 0 Å². The number of ether oxygens (including phenoxy) is 1. The van der Waals surface area contributed by atoms with E-state index in [-0.39, 0.29) is 5.56 Å². The second-order valence-corrected chi connectivity index (χ2v) is 4.03. The van der Waals surface area contributed by atoms with Gasteiger partial charge in [0.25, 0.3) is 5.56 Å². The summed E-state index contributed by atoms with van der Waals surface area (Å²) in [5.74, 6) is -0.559. The molecule has 1 aromatic heterocycles. The third-order valence-electron chi connectivity index (χ3n) is 2.84. The molecule has 5 nitrogen and oxygen atoms in total. The lowest BCUT2D eigenvalue weighted by Crippen LogP contribution is -2.26. The molecule has 0 saturated carbocycles. The first-order valence-corrected chi connectivity index (χ1v) is 5.65. The SMILES string of the molecule is COc1ccc(-n2c(C)ccc(C(=O)O)c2=O)cc1. The van der Waals surface area contributed by atoms with E-state index in [1.807, 2.05) is 0 Å². The zero-order chi connectivity index (χ0) is 14.0. The Morgan fingerprint density at radius 3 is 2.32 bits per heavy atom. The molecule has 5 heteroatoms. The summed E-state index contributed by atoms with van der Waals surface area (Å²) in [5.41, 5.74) is 0.477. The standard InChI is InChI=1S/C14H13NO4/c1-9-3-8-12(14(17)18)13(16)15(9)10-4-6-11(19-2)7-5-10/h3-8H,1-2H3,(H,17,18). The lowest BCUT2D eigenvalue weighted by molar-refractivity contribution is 0.0694. The number of carboxylic acids is 1. The van der Waals surface area contributed by atoms with Gasteiger partial charge in [0.2, 0.25) is 0 Å². The number of hydrogen-bond acceptors (Lipinski definition) is 3. The predicted octanol–water partition coefficient (Wildman–Crippen LogP) is 1.85. The van der Waals surface area contributed by atoms with Gasteiger partial charge in [0.1, 0.15) is 11.3 Å². The van der Waals surface area contributed by atoms with Crippen LogP contribution < -0.4 is 10.3 Å². The van der Waals surface area contributed by atoms with Crippen molar-refractivity contribution in [3.8, 4) is 11.4 Å². The molecule has 0 spiro atoms. The summed E-state index contributed by atoms with van der Waals surface area (Å²) in [6.07, 6.45) is 0. The van der Waals surface area contributed by atoms with Crippen LogP contribution in [-0.2, 0) is 0 Å². The monoisotopic (exact) mass is 259 g/mol. The Balaban J connectivity index is 2.63. The molecular formula is C14H13NO4. The van der Waals surface area contributed by atoms with Crippen molar-refractivity contribution in [1.29, 1.82) is 0 Å². The molecule has 19 heavy (non-hydrogen) atoms. The van der Waals surface area contributed by atoms with Gasteiger partial charge in [-0.1, -0.05) is 0 Å². The Morgan fingerprint density at radius 1 is 1.16 bits per heavy atom. The maximum Gasteiger partial charge on any atom is 0.341 e. The number of rotatable bonds is 3. The molecular weight excluding hydrogens is 246 g/mol. The van der Waals surface area contributed by atoms with Crippen LogP contribution in [0.1, 0.15) is 16.1 Å². The number of nitrogens with zero attached hydrogens (tertiary/aromatic N) is 1. The van der Waals surface area contributed by atoms with Crippen LogP contribution in [-0.4, -0.2) is 22.8 Å². The molecule has 0 saturated heterocycles. The largest absolute Gasteiger partial charge is 0.497 e. The fourth-order valence-corrected chi connectivity index (χ4v) is 1.85. The quantitative estimate of drug-likeness (QED) is 0.913. The molecule has 1 aromatic carbocycles. The van der Waals surface area contributed by atoms with Crippen molar-refractivity contribution in [3.63, 3.8) is 0 Å². The van der Waals surface area contributed by atoms with E-state index in [9.17, 15) is 9.59 Å². The number of aromatic carboxylic acids is 1. The first kappa shape index (κ1) is 12.9. The average molecular weight is 259 g/mol. The number of methoxy groups -OCH3 is 1. The van der Waals surface area contributed by atoms with E-state index in [1.165, 1.54) is 10.6 Å². The number of aryl methyl sites for hydroxylation is 1. The van der Waals surface area contributed by atoms with Crippen molar-refractivity contribution in [3.05, 3.63) is 58.0 Å². The van der Waals surface area contributed by atoms with Crippen LogP contribution in [0.25, 0.3) is 5.69 Å². The first-order valence-electron chi connectivity index (χ1n) is 5.65. The topological polar surface area (TPSA) is 68.5 Å². The average Bonchev–Trinajstić information content (AvgIpc) is 2.39. The maximum atomic E-state index is 12.1. The highest BCUT2D eigenvalue weighted by molar-refractivity contribution is 5.87. The van der Waals surface area contributed by atoms with Crippen LogP contribution in [0.15, 0.2) is 41.2 Å². The lowest BCUT2D eigenvalue weighted by atomic mass is 10.2. The molecule has 0 radical (unpaired) electrons. The van der Waals surface area contributed by atoms with E-state index in [0.717, 1.165) is 0 Å². The summed E-state index contributed by atoms with van der Waals surface area (Å²) in [4.78, 5) is 23.1. The molecule has 0 aliphatic rings. The molecule has 0 bridgehead atoms. The minimum atomic E-state index is -1.23. The highest BCUT2D eigenvalue weighted by Gasteiger charge is 2.13. The Bertz CT molecular complexity index is 671. The van der Waals surface area contributed by atoms with Gasteiger partial charge in [0.15, 0.2) is 0 Å². The fourth-order valence-electron chi connectivity index (χ4n) is 1.85. The van der Waals surface area contributed by atoms with Gasteiger partial charge in [0, 0.05) is 11.4 Å². The number of hydrogen-bond donors (Lipinski definition) is 1. The third-order valence-corrected chi connectivity index (χ3v) is 2.84. The van der Waals surface area contributed by atoms with E-state index in [1.54, 1.807) is 44.4 Å². The predicted molar refractivity (Wildman–Crippen MR) is 70.3 cm³/mol. The van der Waals surface area contributed by atoms with Crippen LogP contribution in [0.4, 0.5) is 0 Å². The van der Waals surface area contributed by atoms with Gasteiger partial charge in [-0.05, 0) is 43.3 Å². The van der Waals surface area contributed by atoms with Crippen LogP contribution in [0.2, 0.25) is 0 Å². The molecule has 0 fully saturated rings. The zero-order valence-electron chi connectivity index (χ0n) is 10.6. The molecule has 2 aromatic rings. The van der Waals surface area contributed by atoms with Gasteiger partial charge >= 0.3 is 5.97 Å². The second-order valence-electron chi connectivity index (χ2n) is 4.03. The van der Waals surface area contributed by atoms with Crippen LogP contribution >= 0.6 is 0 Å². The van der Waals surface area contributed by atoms with Gasteiger partial charge in [-0.25, -0.2) is 4.79 Å². The van der Waals surface area contributed by atoms with E-state index in [4.69, 9.17) is 9.84 Å². The minimum absolute atomic E-state index is 0.249. The second kappa shape index (κ2) is 4.97. The summed E-state index contributed by atoms with van der Waals surface area (Å²) in [5, 5.41) is 8.98. The third kappa shape index (κ3) is 2.35. The van der Waals surface area contributed by atoms with Gasteiger partial charge in [-0.2, -0.15) is 0 Å². The van der Waals surface area contributed by atoms with Crippen molar-refractivity contribution in [2.45, 2.75) is 6.92 Å². The smallest absolute Gasteiger partial charge is 0.341 e. The normalized spacial score (nSPS) is 10.2. The molecule has 1 N–H and O–H groups in total. The zero-order valence-corrected chi connectivity index (χ0v) is 10.6. The van der Waals surface area contributed by atoms with Gasteiger partial charge in [-0.3, -0.25) is 9.36 Å². The number of aromatic nitrogens is 1. The Morgan fingerprint density at radius 2 is 1.79 bits per heavy atom. The van der Waals surface area contributed by atoms with Crippen molar-refractivity contribution in [2.24, 2.45) is 0 Å². The van der Waals surface area contributed by atoms with Gasteiger partial charge < -0.3 is 9.84 Å². The Hall–Kier alpha value is -2.56. The summed E-state index contributed by atoms with van der Waals surface area (Å²) in [6.45, 7) is 1.75. The highest BCUT2D eigenvalue weighted by Crippen LogP contribution is 2.15. The summed E-state index contributed by atoms with van der Waals surface area (Å²) < 4.78 is 6.41. The summed E-state index contributed by atoms with van der Waals surface area (Å²) in [6, 6.07) is 9.77. The number of benzene rings is 1. The van der Waals surface area contributed by atoms with Crippen molar-refractivity contribution >= 4 is 5.97 Å². The first-order chi connectivity index (χ1) is 9.04. The lowest BCUT2D eigenvalue weighted by Gasteiger charge is -2.11. The Labute approximate surface area is 109 Å². The van der Waals surface area contributed by atoms with Gasteiger partial charge in [0.05, 0.1) is 7.11 Å². The molecule has 98 valence electrons.